The maximum atomic E-state index is 9.48. The second kappa shape index (κ2) is 5.07. The van der Waals surface area contributed by atoms with Crippen LogP contribution in [0.3, 0.4) is 0 Å². The van der Waals surface area contributed by atoms with E-state index in [0.29, 0.717) is 5.56 Å². The average molecular weight is 198 g/mol. The van der Waals surface area contributed by atoms with E-state index in [0.717, 1.165) is 5.56 Å². The molecule has 1 aromatic rings. The molecule has 2 unspecified atom stereocenters. The van der Waals surface area contributed by atoms with Gasteiger partial charge in [0.1, 0.15) is 12.2 Å². The molecule has 4 nitrogen and oxygen atoms in total. The number of aliphatic hydroxyl groups excluding tert-OH is 4. The van der Waals surface area contributed by atoms with Crippen LogP contribution in [0, 0.1) is 0 Å². The maximum Gasteiger partial charge on any atom is 0.107 e. The number of rotatable bonds is 4. The van der Waals surface area contributed by atoms with Crippen molar-refractivity contribution in [2.24, 2.45) is 0 Å². The monoisotopic (exact) mass is 198 g/mol. The molecule has 14 heavy (non-hydrogen) atoms. The van der Waals surface area contributed by atoms with Gasteiger partial charge in [-0.25, -0.2) is 0 Å². The summed E-state index contributed by atoms with van der Waals surface area (Å²) < 4.78 is 0. The first kappa shape index (κ1) is 11.1. The fraction of sp³-hybridized carbons (Fsp3) is 0.400. The predicted octanol–water partition coefficient (Wildman–Crippen LogP) is -0.435. The molecule has 0 saturated carbocycles. The van der Waals surface area contributed by atoms with E-state index in [2.05, 4.69) is 0 Å². The van der Waals surface area contributed by atoms with Crippen LogP contribution in [0.4, 0.5) is 0 Å². The first-order valence-electron chi connectivity index (χ1n) is 4.35. The zero-order chi connectivity index (χ0) is 10.6. The highest BCUT2D eigenvalue weighted by Gasteiger charge is 2.16. The predicted molar refractivity (Wildman–Crippen MR) is 50.4 cm³/mol. The zero-order valence-corrected chi connectivity index (χ0v) is 7.67. The molecule has 0 radical (unpaired) electrons. The van der Waals surface area contributed by atoms with E-state index in [-0.39, 0.29) is 6.61 Å². The van der Waals surface area contributed by atoms with Gasteiger partial charge in [-0.15, -0.1) is 0 Å². The summed E-state index contributed by atoms with van der Waals surface area (Å²) in [6, 6.07) is 6.52. The van der Waals surface area contributed by atoms with Crippen LogP contribution in [0.5, 0.6) is 0 Å². The van der Waals surface area contributed by atoms with Crippen LogP contribution in [0.2, 0.25) is 0 Å². The minimum absolute atomic E-state index is 0.0566. The molecule has 0 heterocycles. The van der Waals surface area contributed by atoms with Crippen LogP contribution < -0.4 is 0 Å². The van der Waals surface area contributed by atoms with Gasteiger partial charge in [0, 0.05) is 0 Å². The molecule has 1 rings (SSSR count). The molecule has 0 amide bonds. The van der Waals surface area contributed by atoms with Gasteiger partial charge in [0.2, 0.25) is 0 Å². The Bertz CT molecular complexity index is 270. The van der Waals surface area contributed by atoms with Gasteiger partial charge in [-0.2, -0.15) is 0 Å². The van der Waals surface area contributed by atoms with Crippen molar-refractivity contribution in [2.45, 2.75) is 18.8 Å². The molecule has 0 fully saturated rings. The lowest BCUT2D eigenvalue weighted by atomic mass is 10.0. The van der Waals surface area contributed by atoms with Crippen molar-refractivity contribution in [2.75, 3.05) is 6.61 Å². The Balaban J connectivity index is 2.75. The van der Waals surface area contributed by atoms with Crippen molar-refractivity contribution in [3.63, 3.8) is 0 Å². The Kier molecular flexibility index (Phi) is 4.03. The van der Waals surface area contributed by atoms with Crippen molar-refractivity contribution >= 4 is 0 Å². The van der Waals surface area contributed by atoms with Crippen molar-refractivity contribution in [3.05, 3.63) is 35.4 Å². The topological polar surface area (TPSA) is 80.9 Å². The molecular formula is C10H14O4. The maximum absolute atomic E-state index is 9.48. The Morgan fingerprint density at radius 3 is 2.00 bits per heavy atom. The van der Waals surface area contributed by atoms with Gasteiger partial charge in [-0.05, 0) is 11.1 Å². The third kappa shape index (κ3) is 2.52. The van der Waals surface area contributed by atoms with Gasteiger partial charge in [0.25, 0.3) is 0 Å². The number of aliphatic hydroxyl groups is 4. The molecular weight excluding hydrogens is 184 g/mol. The van der Waals surface area contributed by atoms with Crippen LogP contribution >= 0.6 is 0 Å². The summed E-state index contributed by atoms with van der Waals surface area (Å²) in [5.74, 6) is 0. The fourth-order valence-corrected chi connectivity index (χ4v) is 1.14. The molecule has 0 aliphatic heterocycles. The second-order valence-electron chi connectivity index (χ2n) is 3.09. The highest BCUT2D eigenvalue weighted by Crippen LogP contribution is 2.17. The van der Waals surface area contributed by atoms with E-state index < -0.39 is 18.8 Å². The number of benzene rings is 1. The third-order valence-electron chi connectivity index (χ3n) is 2.06. The van der Waals surface area contributed by atoms with Gasteiger partial charge >= 0.3 is 0 Å². The average Bonchev–Trinajstić information content (AvgIpc) is 2.27. The Morgan fingerprint density at radius 1 is 1.00 bits per heavy atom. The quantitative estimate of drug-likeness (QED) is 0.529. The Labute approximate surface area is 82.1 Å². The molecule has 0 bridgehead atoms. The summed E-state index contributed by atoms with van der Waals surface area (Å²) in [6.07, 6.45) is -2.26. The van der Waals surface area contributed by atoms with Gasteiger partial charge in [0.05, 0.1) is 13.2 Å². The molecule has 2 atom stereocenters. The summed E-state index contributed by atoms with van der Waals surface area (Å²) in [5, 5.41) is 36.0. The van der Waals surface area contributed by atoms with Crippen LogP contribution in [-0.2, 0) is 6.61 Å². The van der Waals surface area contributed by atoms with E-state index in [1.165, 1.54) is 0 Å². The highest BCUT2D eigenvalue weighted by molar-refractivity contribution is 5.24. The van der Waals surface area contributed by atoms with Crippen LogP contribution in [0.1, 0.15) is 17.2 Å². The molecule has 0 aliphatic carbocycles. The molecule has 1 aromatic carbocycles. The van der Waals surface area contributed by atoms with Gasteiger partial charge in [-0.1, -0.05) is 24.3 Å². The number of hydrogen-bond acceptors (Lipinski definition) is 4. The lowest BCUT2D eigenvalue weighted by Crippen LogP contribution is -2.21. The summed E-state index contributed by atoms with van der Waals surface area (Å²) in [4.78, 5) is 0. The molecule has 4 N–H and O–H groups in total. The largest absolute Gasteiger partial charge is 0.394 e. The summed E-state index contributed by atoms with van der Waals surface area (Å²) in [7, 11) is 0. The van der Waals surface area contributed by atoms with E-state index in [1.807, 2.05) is 0 Å². The summed E-state index contributed by atoms with van der Waals surface area (Å²) in [5.41, 5.74) is 1.25. The molecule has 0 spiro atoms. The Hall–Kier alpha value is -0.940. The molecule has 0 aliphatic rings. The molecule has 0 saturated heterocycles. The van der Waals surface area contributed by atoms with E-state index in [1.54, 1.807) is 24.3 Å². The first-order valence-corrected chi connectivity index (χ1v) is 4.35. The third-order valence-corrected chi connectivity index (χ3v) is 2.06. The second-order valence-corrected chi connectivity index (χ2v) is 3.09. The lowest BCUT2D eigenvalue weighted by molar-refractivity contribution is -0.0152. The first-order chi connectivity index (χ1) is 6.69. The summed E-state index contributed by atoms with van der Waals surface area (Å²) in [6.45, 7) is -0.540. The Morgan fingerprint density at radius 2 is 1.57 bits per heavy atom. The minimum Gasteiger partial charge on any atom is -0.394 e. The summed E-state index contributed by atoms with van der Waals surface area (Å²) >= 11 is 0. The SMILES string of the molecule is OCc1ccc(C(O)C(O)CO)cc1. The molecule has 4 heteroatoms. The van der Waals surface area contributed by atoms with Gasteiger partial charge in [0.15, 0.2) is 0 Å². The lowest BCUT2D eigenvalue weighted by Gasteiger charge is -2.15. The highest BCUT2D eigenvalue weighted by atomic mass is 16.4. The normalized spacial score (nSPS) is 15.1. The van der Waals surface area contributed by atoms with E-state index in [9.17, 15) is 5.11 Å². The van der Waals surface area contributed by atoms with Crippen molar-refractivity contribution in [1.82, 2.24) is 0 Å². The van der Waals surface area contributed by atoms with Crippen molar-refractivity contribution in [3.8, 4) is 0 Å². The van der Waals surface area contributed by atoms with E-state index >= 15 is 0 Å². The molecule has 78 valence electrons. The van der Waals surface area contributed by atoms with Gasteiger partial charge < -0.3 is 20.4 Å². The van der Waals surface area contributed by atoms with E-state index in [4.69, 9.17) is 15.3 Å². The fourth-order valence-electron chi connectivity index (χ4n) is 1.14. The zero-order valence-electron chi connectivity index (χ0n) is 7.67. The molecule has 0 aromatic heterocycles. The minimum atomic E-state index is -1.17. The van der Waals surface area contributed by atoms with Crippen molar-refractivity contribution in [1.29, 1.82) is 0 Å². The van der Waals surface area contributed by atoms with Crippen LogP contribution in [0.15, 0.2) is 24.3 Å². The smallest absolute Gasteiger partial charge is 0.107 e. The standard InChI is InChI=1S/C10H14O4/c11-5-7-1-3-8(4-2-7)10(14)9(13)6-12/h1-4,9-14H,5-6H2. The van der Waals surface area contributed by atoms with Crippen LogP contribution in [-0.4, -0.2) is 33.1 Å². The van der Waals surface area contributed by atoms with Crippen molar-refractivity contribution < 1.29 is 20.4 Å². The van der Waals surface area contributed by atoms with Crippen LogP contribution in [0.25, 0.3) is 0 Å². The number of hydrogen-bond donors (Lipinski definition) is 4. The van der Waals surface area contributed by atoms with Gasteiger partial charge in [-0.3, -0.25) is 0 Å².